The fourth-order valence-electron chi connectivity index (χ4n) is 3.22. The van der Waals surface area contributed by atoms with E-state index in [0.717, 1.165) is 25.3 Å². The molecule has 2 heteroatoms. The highest BCUT2D eigenvalue weighted by Crippen LogP contribution is 2.38. The molecule has 0 unspecified atom stereocenters. The number of aliphatic hydroxyl groups excluding tert-OH is 1. The quantitative estimate of drug-likeness (QED) is 0.796. The van der Waals surface area contributed by atoms with Gasteiger partial charge >= 0.3 is 0 Å². The summed E-state index contributed by atoms with van der Waals surface area (Å²) >= 11 is 0. The van der Waals surface area contributed by atoms with Crippen molar-refractivity contribution < 1.29 is 5.11 Å². The van der Waals surface area contributed by atoms with Gasteiger partial charge < -0.3 is 10.4 Å². The molecular weight excluding hydrogens is 246 g/mol. The molecule has 2 rings (SSSR count). The van der Waals surface area contributed by atoms with Crippen molar-refractivity contribution in [1.29, 1.82) is 0 Å². The molecule has 2 N–H and O–H groups in total. The minimum atomic E-state index is 0.0771. The lowest BCUT2D eigenvalue weighted by atomic mass is 9.74. The number of hydrogen-bond acceptors (Lipinski definition) is 2. The third-order valence-corrected chi connectivity index (χ3v) is 5.37. The van der Waals surface area contributed by atoms with E-state index in [1.807, 2.05) is 0 Å². The largest absolute Gasteiger partial charge is 0.396 e. The van der Waals surface area contributed by atoms with E-state index in [4.69, 9.17) is 0 Å². The average Bonchev–Trinajstić information content (AvgIpc) is 2.44. The molecule has 1 aliphatic rings. The van der Waals surface area contributed by atoms with Gasteiger partial charge in [0.05, 0.1) is 0 Å². The molecule has 0 bridgehead atoms. The molecule has 20 heavy (non-hydrogen) atoms. The Balaban J connectivity index is 1.81. The number of aliphatic hydroxyl groups is 1. The first-order valence-corrected chi connectivity index (χ1v) is 8.04. The van der Waals surface area contributed by atoms with Gasteiger partial charge in [-0.25, -0.2) is 0 Å². The Morgan fingerprint density at radius 2 is 1.85 bits per heavy atom. The van der Waals surface area contributed by atoms with Gasteiger partial charge in [0.2, 0.25) is 0 Å². The van der Waals surface area contributed by atoms with E-state index in [0.29, 0.717) is 12.6 Å². The van der Waals surface area contributed by atoms with E-state index >= 15 is 0 Å². The standard InChI is InChI=1S/C18H29NO/c1-4-18(5-2,13-20)12-19-16-10-15(11-16)17-9-7-6-8-14(17)3/h6-9,15-16,19-20H,4-5,10-13H2,1-3H3. The summed E-state index contributed by atoms with van der Waals surface area (Å²) in [7, 11) is 0. The Morgan fingerprint density at radius 3 is 2.40 bits per heavy atom. The Bertz CT molecular complexity index is 411. The van der Waals surface area contributed by atoms with E-state index < -0.39 is 0 Å². The van der Waals surface area contributed by atoms with Gasteiger partial charge in [0.15, 0.2) is 0 Å². The third kappa shape index (κ3) is 3.24. The Morgan fingerprint density at radius 1 is 1.20 bits per heavy atom. The van der Waals surface area contributed by atoms with E-state index in [1.54, 1.807) is 0 Å². The first-order chi connectivity index (χ1) is 9.64. The second-order valence-corrected chi connectivity index (χ2v) is 6.47. The molecule has 0 aromatic heterocycles. The van der Waals surface area contributed by atoms with Gasteiger partial charge in [-0.3, -0.25) is 0 Å². The van der Waals surface area contributed by atoms with Gasteiger partial charge in [-0.15, -0.1) is 0 Å². The van der Waals surface area contributed by atoms with Crippen LogP contribution in [0.1, 0.15) is 56.6 Å². The Labute approximate surface area is 123 Å². The van der Waals surface area contributed by atoms with Crippen molar-refractivity contribution in [2.75, 3.05) is 13.2 Å². The van der Waals surface area contributed by atoms with Gasteiger partial charge in [-0.2, -0.15) is 0 Å². The van der Waals surface area contributed by atoms with Crippen molar-refractivity contribution in [3.8, 4) is 0 Å². The van der Waals surface area contributed by atoms with Crippen LogP contribution in [-0.2, 0) is 0 Å². The second kappa shape index (κ2) is 6.73. The van der Waals surface area contributed by atoms with E-state index in [1.165, 1.54) is 24.0 Å². The zero-order valence-corrected chi connectivity index (χ0v) is 13.2. The van der Waals surface area contributed by atoms with Gasteiger partial charge in [0, 0.05) is 24.6 Å². The monoisotopic (exact) mass is 275 g/mol. The summed E-state index contributed by atoms with van der Waals surface area (Å²) in [6.45, 7) is 7.81. The highest BCUT2D eigenvalue weighted by Gasteiger charge is 2.33. The summed E-state index contributed by atoms with van der Waals surface area (Å²) in [4.78, 5) is 0. The second-order valence-electron chi connectivity index (χ2n) is 6.47. The Kier molecular flexibility index (Phi) is 5.22. The van der Waals surface area contributed by atoms with Crippen LogP contribution in [0.15, 0.2) is 24.3 Å². The van der Waals surface area contributed by atoms with Crippen molar-refractivity contribution in [1.82, 2.24) is 5.32 Å². The molecule has 1 fully saturated rings. The maximum absolute atomic E-state index is 9.61. The minimum Gasteiger partial charge on any atom is -0.396 e. The molecule has 1 saturated carbocycles. The molecule has 1 aromatic rings. The number of rotatable bonds is 7. The van der Waals surface area contributed by atoms with Crippen LogP contribution >= 0.6 is 0 Å². The minimum absolute atomic E-state index is 0.0771. The molecule has 0 radical (unpaired) electrons. The SMILES string of the molecule is CCC(CC)(CO)CNC1CC(c2ccccc2C)C1. The number of benzene rings is 1. The lowest BCUT2D eigenvalue weighted by Crippen LogP contribution is -2.46. The maximum Gasteiger partial charge on any atom is 0.0499 e. The summed E-state index contributed by atoms with van der Waals surface area (Å²) < 4.78 is 0. The summed E-state index contributed by atoms with van der Waals surface area (Å²) in [5.74, 6) is 0.723. The molecular formula is C18H29NO. The number of nitrogens with one attached hydrogen (secondary N) is 1. The van der Waals surface area contributed by atoms with Crippen molar-refractivity contribution in [3.05, 3.63) is 35.4 Å². The zero-order valence-electron chi connectivity index (χ0n) is 13.2. The van der Waals surface area contributed by atoms with Crippen molar-refractivity contribution >= 4 is 0 Å². The Hall–Kier alpha value is -0.860. The van der Waals surface area contributed by atoms with Crippen LogP contribution < -0.4 is 5.32 Å². The average molecular weight is 275 g/mol. The molecule has 0 heterocycles. The van der Waals surface area contributed by atoms with Crippen LogP contribution in [0.2, 0.25) is 0 Å². The van der Waals surface area contributed by atoms with Gasteiger partial charge in [-0.1, -0.05) is 38.1 Å². The number of hydrogen-bond donors (Lipinski definition) is 2. The lowest BCUT2D eigenvalue weighted by Gasteiger charge is -2.40. The third-order valence-electron chi connectivity index (χ3n) is 5.37. The summed E-state index contributed by atoms with van der Waals surface area (Å²) in [6, 6.07) is 9.37. The predicted molar refractivity (Wildman–Crippen MR) is 85.0 cm³/mol. The molecule has 1 aliphatic carbocycles. The molecule has 0 amide bonds. The first kappa shape index (κ1) is 15.5. The van der Waals surface area contributed by atoms with Crippen molar-refractivity contribution in [2.24, 2.45) is 5.41 Å². The summed E-state index contributed by atoms with van der Waals surface area (Å²) in [6.07, 6.45) is 4.56. The molecule has 0 aliphatic heterocycles. The fraction of sp³-hybridized carbons (Fsp3) is 0.667. The molecule has 0 saturated heterocycles. The highest BCUT2D eigenvalue weighted by atomic mass is 16.3. The molecule has 1 aromatic carbocycles. The van der Waals surface area contributed by atoms with Crippen molar-refractivity contribution in [3.63, 3.8) is 0 Å². The van der Waals surface area contributed by atoms with Gasteiger partial charge in [-0.05, 0) is 49.7 Å². The van der Waals surface area contributed by atoms with E-state index in [-0.39, 0.29) is 5.41 Å². The predicted octanol–water partition coefficient (Wildman–Crippen LogP) is 3.63. The van der Waals surface area contributed by atoms with Crippen LogP contribution in [0, 0.1) is 12.3 Å². The fourth-order valence-corrected chi connectivity index (χ4v) is 3.22. The van der Waals surface area contributed by atoms with Crippen LogP contribution in [0.4, 0.5) is 0 Å². The molecule has 0 spiro atoms. The van der Waals surface area contributed by atoms with Crippen LogP contribution in [0.5, 0.6) is 0 Å². The van der Waals surface area contributed by atoms with Crippen LogP contribution in [0.3, 0.4) is 0 Å². The van der Waals surface area contributed by atoms with E-state index in [2.05, 4.69) is 50.4 Å². The molecule has 2 nitrogen and oxygen atoms in total. The topological polar surface area (TPSA) is 32.3 Å². The van der Waals surface area contributed by atoms with Gasteiger partial charge in [0.1, 0.15) is 0 Å². The van der Waals surface area contributed by atoms with E-state index in [9.17, 15) is 5.11 Å². The van der Waals surface area contributed by atoms with Crippen LogP contribution in [0.25, 0.3) is 0 Å². The zero-order chi connectivity index (χ0) is 14.6. The normalized spacial score (nSPS) is 22.6. The lowest BCUT2D eigenvalue weighted by molar-refractivity contribution is 0.103. The molecule has 0 atom stereocenters. The smallest absolute Gasteiger partial charge is 0.0499 e. The summed E-state index contributed by atoms with van der Waals surface area (Å²) in [5.41, 5.74) is 3.01. The molecule has 112 valence electrons. The van der Waals surface area contributed by atoms with Crippen LogP contribution in [-0.4, -0.2) is 24.3 Å². The highest BCUT2D eigenvalue weighted by molar-refractivity contribution is 5.31. The summed E-state index contributed by atoms with van der Waals surface area (Å²) in [5, 5.41) is 13.3. The van der Waals surface area contributed by atoms with Gasteiger partial charge in [0.25, 0.3) is 0 Å². The number of aryl methyl sites for hydroxylation is 1. The first-order valence-electron chi connectivity index (χ1n) is 8.04. The maximum atomic E-state index is 9.61. The van der Waals surface area contributed by atoms with Crippen molar-refractivity contribution in [2.45, 2.75) is 58.4 Å².